The van der Waals surface area contributed by atoms with Crippen LogP contribution in [0.2, 0.25) is 0 Å². The van der Waals surface area contributed by atoms with Gasteiger partial charge in [-0.2, -0.15) is 0 Å². The van der Waals surface area contributed by atoms with Crippen molar-refractivity contribution in [2.45, 2.75) is 18.9 Å². The molecule has 0 aliphatic heterocycles. The quantitative estimate of drug-likeness (QED) is 0.157. The van der Waals surface area contributed by atoms with Crippen molar-refractivity contribution in [1.29, 1.82) is 0 Å². The van der Waals surface area contributed by atoms with Crippen molar-refractivity contribution in [3.8, 4) is 0 Å². The molecular formula is C30H17Li2NO5. The minimum Gasteiger partial charge on any atom is -0.550 e. The summed E-state index contributed by atoms with van der Waals surface area (Å²) in [5.74, 6) is -3.51. The monoisotopic (exact) mass is 485 g/mol. The van der Waals surface area contributed by atoms with Crippen LogP contribution in [0.25, 0.3) is 64.6 Å². The fourth-order valence-electron chi connectivity index (χ4n) is 5.92. The zero-order valence-corrected chi connectivity index (χ0v) is 20.9. The second-order valence-electron chi connectivity index (χ2n) is 9.42. The van der Waals surface area contributed by atoms with E-state index in [-0.39, 0.29) is 44.1 Å². The summed E-state index contributed by atoms with van der Waals surface area (Å²) in [5, 5.41) is 37.6. The Hall–Kier alpha value is -3.52. The van der Waals surface area contributed by atoms with E-state index in [1.165, 1.54) is 5.39 Å². The maximum atomic E-state index is 13.4. The number of nitrogens with one attached hydrogen (secondary N) is 1. The molecule has 1 N–H and O–H groups in total. The maximum absolute atomic E-state index is 13.4. The van der Waals surface area contributed by atoms with Gasteiger partial charge in [0.05, 0.1) is 12.0 Å². The zero-order chi connectivity index (χ0) is 24.7. The molecule has 0 unspecified atom stereocenters. The van der Waals surface area contributed by atoms with Crippen molar-refractivity contribution in [2.24, 2.45) is 0 Å². The van der Waals surface area contributed by atoms with E-state index < -0.39 is 30.3 Å². The SMILES string of the molecule is O=C([O-])CC[C@H](NC(=O)c1cc2ccc3ccc4ccc5ccc6ccc1c1c6c5c4c3c21)C(=O)[O-].[Li+].[Li+]. The van der Waals surface area contributed by atoms with Crippen molar-refractivity contribution in [3.63, 3.8) is 0 Å². The molecule has 0 saturated carbocycles. The van der Waals surface area contributed by atoms with Gasteiger partial charge in [0.2, 0.25) is 0 Å². The van der Waals surface area contributed by atoms with Crippen molar-refractivity contribution in [3.05, 3.63) is 72.3 Å². The first-order valence-electron chi connectivity index (χ1n) is 11.7. The number of carbonyl (C=O) groups excluding carboxylic acids is 3. The van der Waals surface area contributed by atoms with Crippen LogP contribution in [0.1, 0.15) is 23.2 Å². The van der Waals surface area contributed by atoms with Gasteiger partial charge in [-0.1, -0.05) is 60.7 Å². The molecule has 0 saturated heterocycles. The molecule has 6 nitrogen and oxygen atoms in total. The van der Waals surface area contributed by atoms with Gasteiger partial charge in [-0.15, -0.1) is 0 Å². The Kier molecular flexibility index (Phi) is 6.42. The van der Waals surface area contributed by atoms with Gasteiger partial charge in [0.1, 0.15) is 0 Å². The van der Waals surface area contributed by atoms with Gasteiger partial charge in [0.25, 0.3) is 5.91 Å². The summed E-state index contributed by atoms with van der Waals surface area (Å²) in [6.07, 6.45) is -0.819. The maximum Gasteiger partial charge on any atom is 1.00 e. The van der Waals surface area contributed by atoms with Gasteiger partial charge >= 0.3 is 37.7 Å². The molecule has 8 heteroatoms. The first kappa shape index (κ1) is 26.1. The molecule has 0 heterocycles. The number of rotatable bonds is 6. The summed E-state index contributed by atoms with van der Waals surface area (Å²) < 4.78 is 0. The average molecular weight is 485 g/mol. The number of aliphatic carboxylic acids is 2. The van der Waals surface area contributed by atoms with Crippen LogP contribution >= 0.6 is 0 Å². The first-order valence-corrected chi connectivity index (χ1v) is 11.7. The van der Waals surface area contributed by atoms with Gasteiger partial charge in [-0.3, -0.25) is 4.79 Å². The molecule has 0 aliphatic rings. The first-order chi connectivity index (χ1) is 17.4. The minimum absolute atomic E-state index is 0. The molecule has 1 amide bonds. The van der Waals surface area contributed by atoms with Crippen molar-refractivity contribution < 1.29 is 62.3 Å². The number of carboxylic acids is 2. The molecule has 7 aromatic carbocycles. The Balaban J connectivity index is 0.00000147. The molecule has 0 aliphatic carbocycles. The molecule has 174 valence electrons. The second kappa shape index (κ2) is 9.35. The van der Waals surface area contributed by atoms with E-state index in [1.54, 1.807) is 6.07 Å². The van der Waals surface area contributed by atoms with Crippen LogP contribution in [0.5, 0.6) is 0 Å². The van der Waals surface area contributed by atoms with E-state index in [4.69, 9.17) is 0 Å². The van der Waals surface area contributed by atoms with Gasteiger partial charge in [-0.25, -0.2) is 0 Å². The largest absolute Gasteiger partial charge is 1.00 e. The third-order valence-corrected chi connectivity index (χ3v) is 7.47. The Bertz CT molecular complexity index is 1960. The number of benzene rings is 7. The minimum atomic E-state index is -1.54. The number of hydrogen-bond acceptors (Lipinski definition) is 5. The summed E-state index contributed by atoms with van der Waals surface area (Å²) >= 11 is 0. The van der Waals surface area contributed by atoms with Crippen LogP contribution in [0.4, 0.5) is 0 Å². The van der Waals surface area contributed by atoms with E-state index in [0.717, 1.165) is 59.2 Å². The Morgan fingerprint density at radius 1 is 0.632 bits per heavy atom. The molecule has 0 spiro atoms. The standard InChI is InChI=1S/C30H19NO5.2Li/c32-22(33)12-11-21(30(35)36)31-29(34)20-13-18-8-7-16-4-2-14-1-3-15-5-6-17-9-10-19(20)28-26(17)24(15)23(14)25(16)27(18)28;;/h1-10,13,21H,11-12H2,(H,31,34)(H,32,33)(H,35,36);;/q;2*+1/p-2/t21-;;/m0../s1. The van der Waals surface area contributed by atoms with E-state index in [9.17, 15) is 24.6 Å². The molecule has 0 bridgehead atoms. The smallest absolute Gasteiger partial charge is 0.550 e. The summed E-state index contributed by atoms with van der Waals surface area (Å²) in [6, 6.07) is 21.0. The molecule has 1 atom stereocenters. The van der Waals surface area contributed by atoms with Crippen molar-refractivity contribution >= 4 is 82.5 Å². The Morgan fingerprint density at radius 3 is 1.53 bits per heavy atom. The van der Waals surface area contributed by atoms with Crippen LogP contribution in [0.3, 0.4) is 0 Å². The van der Waals surface area contributed by atoms with Crippen LogP contribution in [-0.4, -0.2) is 23.9 Å². The molecular weight excluding hydrogens is 468 g/mol. The summed E-state index contributed by atoms with van der Waals surface area (Å²) in [7, 11) is 0. The molecule has 7 aromatic rings. The van der Waals surface area contributed by atoms with Crippen molar-refractivity contribution in [2.75, 3.05) is 0 Å². The predicted octanol–water partition coefficient (Wildman–Crippen LogP) is -2.69. The topological polar surface area (TPSA) is 109 Å². The van der Waals surface area contributed by atoms with Gasteiger partial charge in [0, 0.05) is 11.5 Å². The van der Waals surface area contributed by atoms with E-state index >= 15 is 0 Å². The Morgan fingerprint density at radius 2 is 1.05 bits per heavy atom. The summed E-state index contributed by atoms with van der Waals surface area (Å²) in [5.41, 5.74) is 0.335. The predicted molar refractivity (Wildman–Crippen MR) is 136 cm³/mol. The Labute approximate surface area is 240 Å². The number of carbonyl (C=O) groups is 3. The molecule has 38 heavy (non-hydrogen) atoms. The fourth-order valence-corrected chi connectivity index (χ4v) is 5.92. The summed E-state index contributed by atoms with van der Waals surface area (Å²) in [6.45, 7) is 0. The molecule has 7 rings (SSSR count). The average Bonchev–Trinajstić information content (AvgIpc) is 2.88. The number of amides is 1. The normalized spacial score (nSPS) is 12.4. The molecule has 0 aromatic heterocycles. The van der Waals surface area contributed by atoms with Crippen LogP contribution in [0.15, 0.2) is 66.7 Å². The van der Waals surface area contributed by atoms with Gasteiger partial charge in [0.15, 0.2) is 0 Å². The van der Waals surface area contributed by atoms with Crippen LogP contribution in [0, 0.1) is 0 Å². The van der Waals surface area contributed by atoms with Crippen LogP contribution in [-0.2, 0) is 9.59 Å². The summed E-state index contributed by atoms with van der Waals surface area (Å²) in [4.78, 5) is 35.9. The molecule has 0 fully saturated rings. The molecule has 0 radical (unpaired) electrons. The number of carboxylic acid groups (broad SMARTS) is 2. The van der Waals surface area contributed by atoms with Crippen LogP contribution < -0.4 is 53.3 Å². The van der Waals surface area contributed by atoms with Gasteiger partial charge in [-0.05, 0) is 83.5 Å². The van der Waals surface area contributed by atoms with E-state index in [0.29, 0.717) is 5.56 Å². The van der Waals surface area contributed by atoms with Crippen molar-refractivity contribution in [1.82, 2.24) is 5.32 Å². The third kappa shape index (κ3) is 3.61. The third-order valence-electron chi connectivity index (χ3n) is 7.47. The van der Waals surface area contributed by atoms with Gasteiger partial charge < -0.3 is 25.1 Å². The van der Waals surface area contributed by atoms with E-state index in [1.807, 2.05) is 24.3 Å². The zero-order valence-electron chi connectivity index (χ0n) is 20.9. The number of hydrogen-bond donors (Lipinski definition) is 1. The fraction of sp³-hybridized carbons (Fsp3) is 0.100. The second-order valence-corrected chi connectivity index (χ2v) is 9.42. The van der Waals surface area contributed by atoms with E-state index in [2.05, 4.69) is 41.7 Å².